The molecule has 5 fully saturated rings. The van der Waals surface area contributed by atoms with Crippen LogP contribution >= 0.6 is 0 Å². The number of rotatable bonds is 7. The zero-order valence-electron chi connectivity index (χ0n) is 28.2. The van der Waals surface area contributed by atoms with Gasteiger partial charge in [-0.3, -0.25) is 34.3 Å². The Morgan fingerprint density at radius 3 is 2.29 bits per heavy atom. The molecule has 0 radical (unpaired) electrons. The van der Waals surface area contributed by atoms with Gasteiger partial charge in [-0.25, -0.2) is 0 Å². The van der Waals surface area contributed by atoms with Crippen molar-refractivity contribution in [1.29, 1.82) is 0 Å². The van der Waals surface area contributed by atoms with Crippen molar-refractivity contribution in [2.75, 3.05) is 75.0 Å². The van der Waals surface area contributed by atoms with Gasteiger partial charge >= 0.3 is 0 Å². The van der Waals surface area contributed by atoms with E-state index in [1.165, 1.54) is 29.7 Å². The van der Waals surface area contributed by atoms with Gasteiger partial charge < -0.3 is 25.2 Å². The molecule has 0 bridgehead atoms. The number of anilines is 3. The third-order valence-corrected chi connectivity index (χ3v) is 11.3. The van der Waals surface area contributed by atoms with Crippen LogP contribution in [0.5, 0.6) is 5.75 Å². The third-order valence-electron chi connectivity index (χ3n) is 11.3. The van der Waals surface area contributed by atoms with Crippen molar-refractivity contribution in [3.8, 4) is 5.75 Å². The Morgan fingerprint density at radius 1 is 0.816 bits per heavy atom. The van der Waals surface area contributed by atoms with Crippen molar-refractivity contribution in [2.24, 2.45) is 0 Å². The number of hydrogen-bond donors (Lipinski definition) is 2. The molecule has 1 unspecified atom stereocenters. The Morgan fingerprint density at radius 2 is 1.57 bits per heavy atom. The molecule has 5 aliphatic heterocycles. The van der Waals surface area contributed by atoms with E-state index in [-0.39, 0.29) is 18.7 Å². The van der Waals surface area contributed by atoms with Gasteiger partial charge in [-0.15, -0.1) is 0 Å². The molecule has 3 N–H and O–H groups in total. The number of fused-ring (bicyclic) bond motifs is 1. The van der Waals surface area contributed by atoms with Gasteiger partial charge in [0.05, 0.1) is 23.9 Å². The van der Waals surface area contributed by atoms with Crippen molar-refractivity contribution in [1.82, 2.24) is 20.0 Å². The normalized spacial score (nSPS) is 24.7. The number of hydrogen-bond acceptors (Lipinski definition) is 10. The van der Waals surface area contributed by atoms with Gasteiger partial charge in [0.25, 0.3) is 11.8 Å². The van der Waals surface area contributed by atoms with Crippen molar-refractivity contribution in [3.63, 3.8) is 0 Å². The van der Waals surface area contributed by atoms with E-state index >= 15 is 0 Å². The number of carbonyl (C=O) groups is 4. The average Bonchev–Trinajstić information content (AvgIpc) is 3.81. The molecule has 1 atom stereocenters. The number of imide groups is 2. The smallest absolute Gasteiger partial charge is 0.262 e. The standard InChI is InChI=1S/C37H45N7O5/c1-49-33-20-32(28(19-30(33)38)24-2-3-24)42-12-9-25(10-13-42)41-16-14-40(15-17-41)21-23-8-11-43(22-23)26-4-5-27-29(18-26)37(48)44(36(27)47)31-6-7-34(45)39-35(31)46/h4-5,18-21,24-25,31H,2-3,6-17,22,38H2,1H3,(H,39,45,46). The van der Waals surface area contributed by atoms with Crippen LogP contribution in [0.1, 0.15) is 77.1 Å². The summed E-state index contributed by atoms with van der Waals surface area (Å²) < 4.78 is 5.57. The number of piperazine rings is 1. The summed E-state index contributed by atoms with van der Waals surface area (Å²) in [5.74, 6) is -0.508. The lowest BCUT2D eigenvalue weighted by Gasteiger charge is -2.43. The summed E-state index contributed by atoms with van der Waals surface area (Å²) in [6, 6.07) is 9.31. The first-order chi connectivity index (χ1) is 23.8. The van der Waals surface area contributed by atoms with Crippen LogP contribution in [0.15, 0.2) is 42.1 Å². The molecule has 0 aromatic heterocycles. The van der Waals surface area contributed by atoms with Crippen LogP contribution < -0.4 is 25.6 Å². The summed E-state index contributed by atoms with van der Waals surface area (Å²) >= 11 is 0. The summed E-state index contributed by atoms with van der Waals surface area (Å²) in [5, 5.41) is 2.25. The SMILES string of the molecule is COc1cc(N2CCC(N3CCN(C=C4CCN(c5ccc6c(c5)C(=O)N(C5CCC(=O)NC5=O)C6=O)C4)CC3)CC2)c(C2CC2)cc1N. The van der Waals surface area contributed by atoms with Gasteiger partial charge in [-0.05, 0) is 79.8 Å². The molecular formula is C37H45N7O5. The molecule has 4 amide bonds. The Balaban J connectivity index is 0.843. The van der Waals surface area contributed by atoms with Gasteiger partial charge in [0, 0.05) is 88.5 Å². The zero-order valence-corrected chi connectivity index (χ0v) is 28.2. The van der Waals surface area contributed by atoms with Crippen molar-refractivity contribution >= 4 is 40.7 Å². The molecule has 5 heterocycles. The number of piperidine rings is 2. The monoisotopic (exact) mass is 667 g/mol. The Labute approximate surface area is 286 Å². The van der Waals surface area contributed by atoms with Crippen LogP contribution in [-0.2, 0) is 9.59 Å². The summed E-state index contributed by atoms with van der Waals surface area (Å²) in [5.41, 5.74) is 12.6. The summed E-state index contributed by atoms with van der Waals surface area (Å²) in [4.78, 5) is 61.4. The number of nitrogens with zero attached hydrogens (tertiary/aromatic N) is 5. The largest absolute Gasteiger partial charge is 0.495 e. The molecule has 12 nitrogen and oxygen atoms in total. The predicted octanol–water partition coefficient (Wildman–Crippen LogP) is 2.94. The van der Waals surface area contributed by atoms with Crippen LogP contribution in [0.2, 0.25) is 0 Å². The van der Waals surface area contributed by atoms with Crippen LogP contribution in [0.3, 0.4) is 0 Å². The summed E-state index contributed by atoms with van der Waals surface area (Å²) in [7, 11) is 1.69. The van der Waals surface area contributed by atoms with E-state index in [1.54, 1.807) is 19.2 Å². The van der Waals surface area contributed by atoms with Gasteiger partial charge in [0.2, 0.25) is 11.8 Å². The van der Waals surface area contributed by atoms with Crippen molar-refractivity contribution in [3.05, 3.63) is 58.8 Å². The highest BCUT2D eigenvalue weighted by atomic mass is 16.5. The highest BCUT2D eigenvalue weighted by Gasteiger charge is 2.45. The number of amides is 4. The first kappa shape index (κ1) is 31.7. The first-order valence-electron chi connectivity index (χ1n) is 17.8. The van der Waals surface area contributed by atoms with Crippen LogP contribution in [0.25, 0.3) is 0 Å². The summed E-state index contributed by atoms with van der Waals surface area (Å²) in [6.45, 7) is 7.86. The number of nitrogens with two attached hydrogens (primary N) is 1. The summed E-state index contributed by atoms with van der Waals surface area (Å²) in [6.07, 6.45) is 8.35. The highest BCUT2D eigenvalue weighted by Crippen LogP contribution is 2.47. The fourth-order valence-corrected chi connectivity index (χ4v) is 8.40. The minimum atomic E-state index is -0.956. The van der Waals surface area contributed by atoms with Crippen molar-refractivity contribution in [2.45, 2.75) is 62.9 Å². The molecule has 2 aromatic carbocycles. The van der Waals surface area contributed by atoms with Gasteiger partial charge in [-0.1, -0.05) is 0 Å². The number of nitrogens with one attached hydrogen (secondary N) is 1. The fourth-order valence-electron chi connectivity index (χ4n) is 8.40. The van der Waals surface area contributed by atoms with Crippen molar-refractivity contribution < 1.29 is 23.9 Å². The second kappa shape index (κ2) is 12.7. The molecule has 0 spiro atoms. The maximum Gasteiger partial charge on any atom is 0.262 e. The fraction of sp³-hybridized carbons (Fsp3) is 0.514. The Kier molecular flexibility index (Phi) is 8.21. The Hall–Kier alpha value is -4.58. The lowest BCUT2D eigenvalue weighted by atomic mass is 9.99. The molecule has 6 aliphatic rings. The Bertz CT molecular complexity index is 1720. The van der Waals surface area contributed by atoms with E-state index in [1.807, 2.05) is 6.07 Å². The maximum atomic E-state index is 13.3. The third kappa shape index (κ3) is 6.00. The predicted molar refractivity (Wildman–Crippen MR) is 186 cm³/mol. The molecule has 2 aromatic rings. The average molecular weight is 668 g/mol. The second-order valence-electron chi connectivity index (χ2n) is 14.4. The van der Waals surface area contributed by atoms with E-state index in [4.69, 9.17) is 10.5 Å². The molecule has 49 heavy (non-hydrogen) atoms. The van der Waals surface area contributed by atoms with Gasteiger partial charge in [0.15, 0.2) is 0 Å². The van der Waals surface area contributed by atoms with Crippen LogP contribution in [0, 0.1) is 0 Å². The van der Waals surface area contributed by atoms with Crippen LogP contribution in [0.4, 0.5) is 17.1 Å². The minimum Gasteiger partial charge on any atom is -0.495 e. The number of nitrogen functional groups attached to an aromatic ring is 1. The molecule has 8 rings (SSSR count). The topological polar surface area (TPSA) is 132 Å². The lowest BCUT2D eigenvalue weighted by Crippen LogP contribution is -2.54. The molecule has 258 valence electrons. The highest BCUT2D eigenvalue weighted by molar-refractivity contribution is 6.23. The molecule has 1 saturated carbocycles. The lowest BCUT2D eigenvalue weighted by molar-refractivity contribution is -0.136. The zero-order chi connectivity index (χ0) is 33.8. The van der Waals surface area contributed by atoms with E-state index in [9.17, 15) is 19.2 Å². The molecule has 4 saturated heterocycles. The van der Waals surface area contributed by atoms with Crippen LogP contribution in [-0.4, -0.2) is 110 Å². The number of methoxy groups -OCH3 is 1. The van der Waals surface area contributed by atoms with Gasteiger partial charge in [0.1, 0.15) is 11.8 Å². The molecule has 12 heteroatoms. The number of benzene rings is 2. The number of ether oxygens (including phenoxy) is 1. The van der Waals surface area contributed by atoms with E-state index in [0.29, 0.717) is 23.1 Å². The first-order valence-corrected chi connectivity index (χ1v) is 17.8. The molecule has 1 aliphatic carbocycles. The van der Waals surface area contributed by atoms with E-state index < -0.39 is 23.8 Å². The minimum absolute atomic E-state index is 0.106. The number of carbonyl (C=O) groups excluding carboxylic acids is 4. The maximum absolute atomic E-state index is 13.3. The van der Waals surface area contributed by atoms with E-state index in [0.717, 1.165) is 93.6 Å². The van der Waals surface area contributed by atoms with E-state index in [2.05, 4.69) is 43.2 Å². The second-order valence-corrected chi connectivity index (χ2v) is 14.4. The quantitative estimate of drug-likeness (QED) is 0.336. The van der Waals surface area contributed by atoms with Gasteiger partial charge in [-0.2, -0.15) is 0 Å². The molecular weight excluding hydrogens is 622 g/mol.